The highest BCUT2D eigenvalue weighted by atomic mass is 16.5. The minimum atomic E-state index is -0.516. The predicted molar refractivity (Wildman–Crippen MR) is 103 cm³/mol. The number of aromatic nitrogens is 1. The molecular formula is C21H19NO6. The second-order valence-electron chi connectivity index (χ2n) is 5.88. The number of carbonyl (C=O) groups excluding carboxylic acids is 1. The smallest absolute Gasteiger partial charge is 0.203 e. The summed E-state index contributed by atoms with van der Waals surface area (Å²) >= 11 is 0. The Bertz CT molecular complexity index is 992. The monoisotopic (exact) mass is 381 g/mol. The molecule has 2 aromatic carbocycles. The van der Waals surface area contributed by atoms with Crippen molar-refractivity contribution < 1.29 is 29.2 Å². The molecule has 0 atom stereocenters. The molecule has 0 saturated heterocycles. The topological polar surface area (TPSA) is 98.1 Å². The van der Waals surface area contributed by atoms with E-state index in [1.807, 2.05) is 0 Å². The molecule has 0 spiro atoms. The van der Waals surface area contributed by atoms with E-state index in [1.165, 1.54) is 45.6 Å². The van der Waals surface area contributed by atoms with Crippen LogP contribution in [0.5, 0.6) is 28.7 Å². The number of hydrogen-bond acceptors (Lipinski definition) is 7. The van der Waals surface area contributed by atoms with Gasteiger partial charge < -0.3 is 24.4 Å². The van der Waals surface area contributed by atoms with Gasteiger partial charge in [-0.05, 0) is 35.9 Å². The number of rotatable bonds is 6. The molecule has 0 amide bonds. The molecule has 28 heavy (non-hydrogen) atoms. The summed E-state index contributed by atoms with van der Waals surface area (Å²) < 4.78 is 15.8. The number of hydrogen-bond donors (Lipinski definition) is 2. The third-order valence-electron chi connectivity index (χ3n) is 4.26. The van der Waals surface area contributed by atoms with Crippen molar-refractivity contribution >= 4 is 5.78 Å². The Labute approximate surface area is 161 Å². The van der Waals surface area contributed by atoms with Crippen LogP contribution in [0, 0.1) is 0 Å². The quantitative estimate of drug-likeness (QED) is 0.499. The Morgan fingerprint density at radius 3 is 2.14 bits per heavy atom. The fraction of sp³-hybridized carbons (Fsp3) is 0.143. The molecule has 0 radical (unpaired) electrons. The van der Waals surface area contributed by atoms with Crippen molar-refractivity contribution in [3.8, 4) is 39.9 Å². The van der Waals surface area contributed by atoms with Gasteiger partial charge in [-0.25, -0.2) is 0 Å². The van der Waals surface area contributed by atoms with Crippen LogP contribution in [0.3, 0.4) is 0 Å². The van der Waals surface area contributed by atoms with Gasteiger partial charge in [0.2, 0.25) is 5.75 Å². The number of aromatic hydroxyl groups is 2. The third-order valence-corrected chi connectivity index (χ3v) is 4.26. The van der Waals surface area contributed by atoms with E-state index in [0.29, 0.717) is 28.4 Å². The first-order valence-electron chi connectivity index (χ1n) is 8.31. The molecule has 1 heterocycles. The maximum absolute atomic E-state index is 13.1. The molecule has 0 aliphatic carbocycles. The number of benzene rings is 2. The van der Waals surface area contributed by atoms with Gasteiger partial charge in [0.15, 0.2) is 28.8 Å². The van der Waals surface area contributed by atoms with Crippen molar-refractivity contribution in [1.82, 2.24) is 4.98 Å². The molecule has 0 bridgehead atoms. The molecular weight excluding hydrogens is 362 g/mol. The van der Waals surface area contributed by atoms with Crippen LogP contribution in [0.1, 0.15) is 15.9 Å². The van der Waals surface area contributed by atoms with Crippen molar-refractivity contribution in [3.05, 3.63) is 59.9 Å². The fourth-order valence-corrected chi connectivity index (χ4v) is 2.86. The van der Waals surface area contributed by atoms with Crippen molar-refractivity contribution in [2.75, 3.05) is 21.3 Å². The summed E-state index contributed by atoms with van der Waals surface area (Å²) in [6.07, 6.45) is 3.21. The molecule has 0 fully saturated rings. The fourth-order valence-electron chi connectivity index (χ4n) is 2.86. The molecule has 0 aliphatic rings. The number of carbonyl (C=O) groups is 1. The van der Waals surface area contributed by atoms with E-state index >= 15 is 0 Å². The van der Waals surface area contributed by atoms with Gasteiger partial charge in [0.25, 0.3) is 0 Å². The van der Waals surface area contributed by atoms with Crippen molar-refractivity contribution in [2.45, 2.75) is 0 Å². The summed E-state index contributed by atoms with van der Waals surface area (Å²) in [6.45, 7) is 0. The van der Waals surface area contributed by atoms with E-state index in [4.69, 9.17) is 14.2 Å². The summed E-state index contributed by atoms with van der Waals surface area (Å²) in [7, 11) is 4.35. The molecule has 1 aromatic heterocycles. The van der Waals surface area contributed by atoms with Crippen LogP contribution in [-0.4, -0.2) is 42.3 Å². The Morgan fingerprint density at radius 1 is 0.929 bits per heavy atom. The number of phenols is 2. The second kappa shape index (κ2) is 7.87. The Morgan fingerprint density at radius 2 is 1.61 bits per heavy atom. The van der Waals surface area contributed by atoms with E-state index in [1.54, 1.807) is 24.5 Å². The van der Waals surface area contributed by atoms with Gasteiger partial charge in [-0.2, -0.15) is 0 Å². The van der Waals surface area contributed by atoms with Gasteiger partial charge in [-0.3, -0.25) is 9.78 Å². The van der Waals surface area contributed by atoms with Gasteiger partial charge in [0.05, 0.1) is 26.9 Å². The molecule has 0 aliphatic heterocycles. The molecule has 0 saturated carbocycles. The van der Waals surface area contributed by atoms with Gasteiger partial charge in [-0.1, -0.05) is 6.07 Å². The normalized spacial score (nSPS) is 10.4. The Hall–Kier alpha value is -3.74. The Kier molecular flexibility index (Phi) is 5.35. The van der Waals surface area contributed by atoms with Crippen LogP contribution in [0.25, 0.3) is 11.1 Å². The maximum atomic E-state index is 13.1. The second-order valence-corrected chi connectivity index (χ2v) is 5.88. The number of ketones is 1. The lowest BCUT2D eigenvalue weighted by molar-refractivity contribution is 0.103. The van der Waals surface area contributed by atoms with Crippen LogP contribution in [-0.2, 0) is 0 Å². The van der Waals surface area contributed by atoms with Gasteiger partial charge in [-0.15, -0.1) is 0 Å². The lowest BCUT2D eigenvalue weighted by Gasteiger charge is -2.14. The average molecular weight is 381 g/mol. The summed E-state index contributed by atoms with van der Waals surface area (Å²) in [4.78, 5) is 17.1. The minimum absolute atomic E-state index is 0.0619. The summed E-state index contributed by atoms with van der Waals surface area (Å²) in [6, 6.07) is 9.36. The molecule has 7 heteroatoms. The summed E-state index contributed by atoms with van der Waals surface area (Å²) in [5.41, 5.74) is 1.37. The largest absolute Gasteiger partial charge is 0.504 e. The first kappa shape index (κ1) is 19.0. The average Bonchev–Trinajstić information content (AvgIpc) is 2.74. The predicted octanol–water partition coefficient (Wildman–Crippen LogP) is 3.42. The first-order chi connectivity index (χ1) is 13.5. The van der Waals surface area contributed by atoms with Crippen LogP contribution in [0.2, 0.25) is 0 Å². The van der Waals surface area contributed by atoms with Crippen molar-refractivity contribution in [1.29, 1.82) is 0 Å². The van der Waals surface area contributed by atoms with Crippen LogP contribution >= 0.6 is 0 Å². The molecule has 3 aromatic rings. The highest BCUT2D eigenvalue weighted by Crippen LogP contribution is 2.40. The third kappa shape index (κ3) is 3.42. The number of methoxy groups -OCH3 is 3. The van der Waals surface area contributed by atoms with E-state index < -0.39 is 17.3 Å². The van der Waals surface area contributed by atoms with E-state index in [-0.39, 0.29) is 11.1 Å². The van der Waals surface area contributed by atoms with Gasteiger partial charge in [0.1, 0.15) is 0 Å². The number of ether oxygens (including phenoxy) is 3. The number of pyridine rings is 1. The standard InChI is InChI=1S/C21H19NO6/c1-26-17-9-14(10-18(27-2)21(17)28-3)19(24)15-7-13(8-16(23)20(15)25)12-5-4-6-22-11-12/h4-11,23,25H,1-3H3. The summed E-state index contributed by atoms with van der Waals surface area (Å²) in [5, 5.41) is 20.4. The number of phenolic OH excluding ortho intramolecular Hbond substituents is 2. The van der Waals surface area contributed by atoms with Gasteiger partial charge in [0, 0.05) is 23.5 Å². The highest BCUT2D eigenvalue weighted by molar-refractivity contribution is 6.12. The highest BCUT2D eigenvalue weighted by Gasteiger charge is 2.22. The van der Waals surface area contributed by atoms with E-state index in [9.17, 15) is 15.0 Å². The number of nitrogens with zero attached hydrogens (tertiary/aromatic N) is 1. The SMILES string of the molecule is COc1cc(C(=O)c2cc(-c3cccnc3)cc(O)c2O)cc(OC)c1OC. The van der Waals surface area contributed by atoms with Crippen molar-refractivity contribution in [3.63, 3.8) is 0 Å². The first-order valence-corrected chi connectivity index (χ1v) is 8.31. The Balaban J connectivity index is 2.14. The zero-order valence-electron chi connectivity index (χ0n) is 15.6. The molecule has 3 rings (SSSR count). The minimum Gasteiger partial charge on any atom is -0.504 e. The molecule has 7 nitrogen and oxygen atoms in total. The van der Waals surface area contributed by atoms with Crippen molar-refractivity contribution in [2.24, 2.45) is 0 Å². The molecule has 144 valence electrons. The van der Waals surface area contributed by atoms with E-state index in [2.05, 4.69) is 4.98 Å². The van der Waals surface area contributed by atoms with Crippen LogP contribution in [0.4, 0.5) is 0 Å². The summed E-state index contributed by atoms with van der Waals surface area (Å²) in [5.74, 6) is -0.478. The van der Waals surface area contributed by atoms with E-state index in [0.717, 1.165) is 0 Å². The lowest BCUT2D eigenvalue weighted by Crippen LogP contribution is -2.05. The molecule has 0 unspecified atom stereocenters. The zero-order valence-corrected chi connectivity index (χ0v) is 15.6. The van der Waals surface area contributed by atoms with Gasteiger partial charge >= 0.3 is 0 Å². The lowest BCUT2D eigenvalue weighted by atomic mass is 9.97. The van der Waals surface area contributed by atoms with Crippen LogP contribution < -0.4 is 14.2 Å². The van der Waals surface area contributed by atoms with Crippen LogP contribution in [0.15, 0.2) is 48.8 Å². The molecule has 2 N–H and O–H groups in total. The maximum Gasteiger partial charge on any atom is 0.203 e. The zero-order chi connectivity index (χ0) is 20.3.